The van der Waals surface area contributed by atoms with Crippen molar-refractivity contribution in [2.75, 3.05) is 30.6 Å². The van der Waals surface area contributed by atoms with Crippen LogP contribution in [0.25, 0.3) is 0 Å². The molecule has 0 aliphatic rings. The fourth-order valence-corrected chi connectivity index (χ4v) is 2.98. The van der Waals surface area contributed by atoms with Crippen molar-refractivity contribution in [1.82, 2.24) is 9.97 Å². The first-order valence-corrected chi connectivity index (χ1v) is 9.50. The Balaban J connectivity index is 1.96. The maximum Gasteiger partial charge on any atom is 0.337 e. The second-order valence-corrected chi connectivity index (χ2v) is 6.90. The van der Waals surface area contributed by atoms with Gasteiger partial charge < -0.3 is 25.8 Å². The molecular formula is C20H17Cl2N5O4. The Morgan fingerprint density at radius 2 is 1.52 bits per heavy atom. The molecule has 0 unspecified atom stereocenters. The molecule has 0 bridgehead atoms. The zero-order chi connectivity index (χ0) is 22.5. The van der Waals surface area contributed by atoms with Gasteiger partial charge in [-0.25, -0.2) is 19.6 Å². The van der Waals surface area contributed by atoms with Crippen LogP contribution in [0.1, 0.15) is 20.7 Å². The van der Waals surface area contributed by atoms with E-state index < -0.39 is 11.9 Å². The number of rotatable bonds is 6. The molecule has 3 aromatic rings. The topological polar surface area (TPSA) is 128 Å². The van der Waals surface area contributed by atoms with Gasteiger partial charge in [-0.2, -0.15) is 0 Å². The summed E-state index contributed by atoms with van der Waals surface area (Å²) in [6.45, 7) is 0. The van der Waals surface area contributed by atoms with Crippen molar-refractivity contribution in [3.8, 4) is 0 Å². The van der Waals surface area contributed by atoms with E-state index in [1.54, 1.807) is 18.2 Å². The van der Waals surface area contributed by atoms with Crippen LogP contribution in [0.5, 0.6) is 0 Å². The number of nitrogens with one attached hydrogen (secondary N) is 2. The van der Waals surface area contributed by atoms with Gasteiger partial charge in [0.05, 0.1) is 41.1 Å². The predicted molar refractivity (Wildman–Crippen MR) is 119 cm³/mol. The van der Waals surface area contributed by atoms with Gasteiger partial charge in [-0.3, -0.25) is 0 Å². The van der Waals surface area contributed by atoms with E-state index in [9.17, 15) is 9.59 Å². The van der Waals surface area contributed by atoms with E-state index >= 15 is 0 Å². The molecule has 0 spiro atoms. The highest BCUT2D eigenvalue weighted by molar-refractivity contribution is 6.43. The summed E-state index contributed by atoms with van der Waals surface area (Å²) in [6, 6.07) is 9.42. The van der Waals surface area contributed by atoms with Crippen molar-refractivity contribution >= 4 is 63.8 Å². The van der Waals surface area contributed by atoms with Crippen LogP contribution in [0.2, 0.25) is 10.0 Å². The third-order valence-electron chi connectivity index (χ3n) is 4.13. The van der Waals surface area contributed by atoms with Crippen molar-refractivity contribution < 1.29 is 19.1 Å². The van der Waals surface area contributed by atoms with Gasteiger partial charge >= 0.3 is 11.9 Å². The predicted octanol–water partition coefficient (Wildman–Crippen LogP) is 4.43. The van der Waals surface area contributed by atoms with E-state index in [0.717, 1.165) is 0 Å². The highest BCUT2D eigenvalue weighted by atomic mass is 35.5. The lowest BCUT2D eigenvalue weighted by Gasteiger charge is -2.14. The number of nitrogen functional groups attached to an aromatic ring is 1. The SMILES string of the molecule is COC(=O)c1cc(Nc2ncnc(Nc3cccc(Cl)c3Cl)c2N)cc(C(=O)OC)c1. The third-order valence-corrected chi connectivity index (χ3v) is 4.95. The molecule has 160 valence electrons. The van der Waals surface area contributed by atoms with Crippen LogP contribution in [-0.2, 0) is 9.47 Å². The van der Waals surface area contributed by atoms with E-state index in [0.29, 0.717) is 21.4 Å². The number of nitrogens with two attached hydrogens (primary N) is 1. The Morgan fingerprint density at radius 3 is 2.10 bits per heavy atom. The number of benzene rings is 2. The summed E-state index contributed by atoms with van der Waals surface area (Å²) < 4.78 is 9.47. The van der Waals surface area contributed by atoms with Crippen LogP contribution >= 0.6 is 23.2 Å². The normalized spacial score (nSPS) is 10.3. The van der Waals surface area contributed by atoms with Crippen LogP contribution in [0, 0.1) is 0 Å². The fourth-order valence-electron chi connectivity index (χ4n) is 2.63. The number of nitrogens with zero attached hydrogens (tertiary/aromatic N) is 2. The molecule has 3 rings (SSSR count). The Labute approximate surface area is 187 Å². The monoisotopic (exact) mass is 461 g/mol. The summed E-state index contributed by atoms with van der Waals surface area (Å²) in [5.74, 6) is -0.739. The number of carbonyl (C=O) groups is 2. The van der Waals surface area contributed by atoms with Gasteiger partial charge in [0.1, 0.15) is 12.0 Å². The largest absolute Gasteiger partial charge is 0.465 e. The quantitative estimate of drug-likeness (QED) is 0.456. The van der Waals surface area contributed by atoms with Crippen LogP contribution in [0.4, 0.5) is 28.7 Å². The lowest BCUT2D eigenvalue weighted by Crippen LogP contribution is -2.09. The zero-order valence-corrected chi connectivity index (χ0v) is 17.9. The van der Waals surface area contributed by atoms with Crippen molar-refractivity contribution in [2.24, 2.45) is 0 Å². The number of carbonyl (C=O) groups excluding carboxylic acids is 2. The molecule has 9 nitrogen and oxygen atoms in total. The molecule has 0 fully saturated rings. The highest BCUT2D eigenvalue weighted by Crippen LogP contribution is 2.34. The van der Waals surface area contributed by atoms with Gasteiger partial charge in [-0.1, -0.05) is 29.3 Å². The maximum atomic E-state index is 12.0. The summed E-state index contributed by atoms with van der Waals surface area (Å²) in [5.41, 5.74) is 7.53. The van der Waals surface area contributed by atoms with Gasteiger partial charge in [-0.15, -0.1) is 0 Å². The Bertz CT molecular complexity index is 1120. The standard InChI is InChI=1S/C20H17Cl2N5O4/c1-30-19(28)10-6-11(20(29)31-2)8-12(7-10)26-17-16(23)18(25-9-24-17)27-14-5-3-4-13(21)15(14)22/h3-9H,23H2,1-2H3,(H2,24,25,26,27). The van der Waals surface area contributed by atoms with Crippen molar-refractivity contribution in [3.63, 3.8) is 0 Å². The van der Waals surface area contributed by atoms with Gasteiger partial charge in [0.2, 0.25) is 0 Å². The van der Waals surface area contributed by atoms with Gasteiger partial charge in [-0.05, 0) is 30.3 Å². The number of methoxy groups -OCH3 is 2. The number of hydrogen-bond donors (Lipinski definition) is 3. The van der Waals surface area contributed by atoms with E-state index in [4.69, 9.17) is 38.4 Å². The molecule has 11 heteroatoms. The molecule has 0 atom stereocenters. The summed E-state index contributed by atoms with van der Waals surface area (Å²) >= 11 is 12.2. The molecule has 2 aromatic carbocycles. The number of esters is 2. The second kappa shape index (κ2) is 9.50. The lowest BCUT2D eigenvalue weighted by atomic mass is 10.1. The van der Waals surface area contributed by atoms with Crippen LogP contribution in [0.15, 0.2) is 42.7 Å². The first-order valence-electron chi connectivity index (χ1n) is 8.74. The molecule has 31 heavy (non-hydrogen) atoms. The van der Waals surface area contributed by atoms with Crippen LogP contribution < -0.4 is 16.4 Å². The van der Waals surface area contributed by atoms with Crippen LogP contribution in [-0.4, -0.2) is 36.1 Å². The maximum absolute atomic E-state index is 12.0. The Hall–Kier alpha value is -3.56. The molecule has 1 heterocycles. The molecule has 1 aromatic heterocycles. The first kappa shape index (κ1) is 22.1. The Kier molecular flexibility index (Phi) is 6.78. The van der Waals surface area contributed by atoms with Crippen molar-refractivity contribution in [2.45, 2.75) is 0 Å². The minimum Gasteiger partial charge on any atom is -0.465 e. The van der Waals surface area contributed by atoms with E-state index in [-0.39, 0.29) is 28.5 Å². The van der Waals surface area contributed by atoms with Gasteiger partial charge in [0.25, 0.3) is 0 Å². The molecule has 0 saturated heterocycles. The lowest BCUT2D eigenvalue weighted by molar-refractivity contribution is 0.0599. The molecule has 0 aliphatic heterocycles. The smallest absolute Gasteiger partial charge is 0.337 e. The molecule has 0 radical (unpaired) electrons. The van der Waals surface area contributed by atoms with Gasteiger partial charge in [0, 0.05) is 5.69 Å². The molecule has 0 saturated carbocycles. The summed E-state index contributed by atoms with van der Waals surface area (Å²) in [6.07, 6.45) is 1.28. The van der Waals surface area contributed by atoms with Gasteiger partial charge in [0.15, 0.2) is 11.6 Å². The van der Waals surface area contributed by atoms with Crippen molar-refractivity contribution in [1.29, 1.82) is 0 Å². The van der Waals surface area contributed by atoms with Crippen LogP contribution in [0.3, 0.4) is 0 Å². The van der Waals surface area contributed by atoms with E-state index in [1.165, 1.54) is 38.7 Å². The highest BCUT2D eigenvalue weighted by Gasteiger charge is 2.16. The average Bonchev–Trinajstić information content (AvgIpc) is 2.78. The minimum atomic E-state index is -0.623. The fraction of sp³-hybridized carbons (Fsp3) is 0.100. The molecule has 0 amide bonds. The minimum absolute atomic E-state index is 0.143. The molecule has 4 N–H and O–H groups in total. The second-order valence-electron chi connectivity index (χ2n) is 6.12. The number of anilines is 5. The first-order chi connectivity index (χ1) is 14.8. The number of ether oxygens (including phenoxy) is 2. The third kappa shape index (κ3) is 4.96. The summed E-state index contributed by atoms with van der Waals surface area (Å²) in [7, 11) is 2.48. The van der Waals surface area contributed by atoms with Crippen molar-refractivity contribution in [3.05, 3.63) is 63.9 Å². The number of halogens is 2. The molecular weight excluding hydrogens is 445 g/mol. The summed E-state index contributed by atoms with van der Waals surface area (Å²) in [5, 5.41) is 6.66. The zero-order valence-electron chi connectivity index (χ0n) is 16.4. The average molecular weight is 462 g/mol. The molecule has 0 aliphatic carbocycles. The van der Waals surface area contributed by atoms with E-state index in [2.05, 4.69) is 20.6 Å². The summed E-state index contributed by atoms with van der Waals surface area (Å²) in [4.78, 5) is 32.2. The Morgan fingerprint density at radius 1 is 0.935 bits per heavy atom. The number of hydrogen-bond acceptors (Lipinski definition) is 9. The number of aromatic nitrogens is 2. The van der Waals surface area contributed by atoms with E-state index in [1.807, 2.05) is 0 Å².